The smallest absolute Gasteiger partial charge is 0.329 e. The van der Waals surface area contributed by atoms with Crippen LogP contribution in [0.2, 0.25) is 0 Å². The predicted molar refractivity (Wildman–Crippen MR) is 55.4 cm³/mol. The first-order valence-corrected chi connectivity index (χ1v) is 4.32. The van der Waals surface area contributed by atoms with Gasteiger partial charge >= 0.3 is 6.03 Å². The Kier molecular flexibility index (Phi) is 3.90. The Labute approximate surface area is 82.6 Å². The van der Waals surface area contributed by atoms with E-state index in [1.165, 1.54) is 0 Å². The number of nitrogens with two attached hydrogens (primary N) is 2. The third-order valence-corrected chi connectivity index (χ3v) is 1.66. The number of hydrazine groups is 1. The molecule has 1 rings (SSSR count). The lowest BCUT2D eigenvalue weighted by atomic mass is 10.3. The minimum absolute atomic E-state index is 0.332. The first-order valence-electron chi connectivity index (χ1n) is 4.32. The van der Waals surface area contributed by atoms with Crippen LogP contribution < -0.4 is 16.9 Å². The van der Waals surface area contributed by atoms with E-state index in [1.807, 2.05) is 18.2 Å². The standard InChI is InChI=1S/C9H14N4O/c10-6-7-13(11)9(14)12-8-4-2-1-3-5-8/h1-5H,6-7,10-11H2,(H,12,14). The summed E-state index contributed by atoms with van der Waals surface area (Å²) in [4.78, 5) is 11.3. The fraction of sp³-hybridized carbons (Fsp3) is 0.222. The summed E-state index contributed by atoms with van der Waals surface area (Å²) >= 11 is 0. The maximum absolute atomic E-state index is 11.3. The number of hydrogen-bond acceptors (Lipinski definition) is 3. The van der Waals surface area contributed by atoms with Crippen molar-refractivity contribution in [2.75, 3.05) is 18.4 Å². The number of nitrogens with zero attached hydrogens (tertiary/aromatic N) is 1. The van der Waals surface area contributed by atoms with Gasteiger partial charge in [0.15, 0.2) is 0 Å². The van der Waals surface area contributed by atoms with E-state index >= 15 is 0 Å². The lowest BCUT2D eigenvalue weighted by Gasteiger charge is -2.15. The number of nitrogens with one attached hydrogen (secondary N) is 1. The molecule has 0 saturated heterocycles. The van der Waals surface area contributed by atoms with Crippen LogP contribution in [0.15, 0.2) is 30.3 Å². The maximum atomic E-state index is 11.3. The van der Waals surface area contributed by atoms with E-state index in [9.17, 15) is 4.79 Å². The zero-order chi connectivity index (χ0) is 10.4. The Hall–Kier alpha value is -1.59. The molecule has 2 amide bonds. The molecule has 14 heavy (non-hydrogen) atoms. The third kappa shape index (κ3) is 3.04. The minimum atomic E-state index is -0.360. The van der Waals surface area contributed by atoms with Gasteiger partial charge in [0.2, 0.25) is 0 Å². The number of carbonyl (C=O) groups excluding carboxylic acids is 1. The summed E-state index contributed by atoms with van der Waals surface area (Å²) in [5, 5.41) is 3.68. The van der Waals surface area contributed by atoms with Crippen LogP contribution in [0.25, 0.3) is 0 Å². The Bertz CT molecular complexity index is 288. The lowest BCUT2D eigenvalue weighted by molar-refractivity contribution is 0.214. The van der Waals surface area contributed by atoms with Crippen LogP contribution >= 0.6 is 0 Å². The summed E-state index contributed by atoms with van der Waals surface area (Å²) in [6.45, 7) is 0.678. The summed E-state index contributed by atoms with van der Waals surface area (Å²) in [7, 11) is 0. The second-order valence-corrected chi connectivity index (χ2v) is 2.78. The van der Waals surface area contributed by atoms with Gasteiger partial charge in [0.1, 0.15) is 0 Å². The first kappa shape index (κ1) is 10.5. The molecule has 1 aromatic rings. The quantitative estimate of drug-likeness (QED) is 0.369. The zero-order valence-corrected chi connectivity index (χ0v) is 7.81. The maximum Gasteiger partial charge on any atom is 0.336 e. The Morgan fingerprint density at radius 2 is 2.00 bits per heavy atom. The number of carbonyl (C=O) groups is 1. The normalized spacial score (nSPS) is 9.57. The molecule has 0 fully saturated rings. The van der Waals surface area contributed by atoms with Gasteiger partial charge in [-0.3, -0.25) is 5.01 Å². The monoisotopic (exact) mass is 194 g/mol. The molecule has 0 aromatic heterocycles. The Morgan fingerprint density at radius 1 is 1.36 bits per heavy atom. The molecular weight excluding hydrogens is 180 g/mol. The van der Waals surface area contributed by atoms with Crippen LogP contribution in [0.1, 0.15) is 0 Å². The van der Waals surface area contributed by atoms with Crippen molar-refractivity contribution >= 4 is 11.7 Å². The first-order chi connectivity index (χ1) is 6.74. The second kappa shape index (κ2) is 5.21. The molecule has 0 atom stereocenters. The van der Waals surface area contributed by atoms with Crippen molar-refractivity contribution in [2.24, 2.45) is 11.6 Å². The topological polar surface area (TPSA) is 84.4 Å². The highest BCUT2D eigenvalue weighted by Crippen LogP contribution is 2.04. The minimum Gasteiger partial charge on any atom is -0.329 e. The Morgan fingerprint density at radius 3 is 2.57 bits per heavy atom. The van der Waals surface area contributed by atoms with Gasteiger partial charge in [-0.25, -0.2) is 10.6 Å². The van der Waals surface area contributed by atoms with Crippen molar-refractivity contribution in [3.8, 4) is 0 Å². The van der Waals surface area contributed by atoms with E-state index in [0.29, 0.717) is 18.8 Å². The number of urea groups is 1. The van der Waals surface area contributed by atoms with Gasteiger partial charge in [-0.2, -0.15) is 0 Å². The van der Waals surface area contributed by atoms with Crippen LogP contribution in [0.4, 0.5) is 10.5 Å². The highest BCUT2D eigenvalue weighted by molar-refractivity contribution is 5.88. The molecule has 0 spiro atoms. The van der Waals surface area contributed by atoms with Gasteiger partial charge in [0.05, 0.1) is 6.54 Å². The van der Waals surface area contributed by atoms with Gasteiger partial charge in [0, 0.05) is 12.2 Å². The molecule has 0 unspecified atom stereocenters. The molecule has 0 aliphatic carbocycles. The second-order valence-electron chi connectivity index (χ2n) is 2.78. The van der Waals surface area contributed by atoms with Crippen LogP contribution in [0.5, 0.6) is 0 Å². The summed E-state index contributed by atoms with van der Waals surface area (Å²) < 4.78 is 0. The van der Waals surface area contributed by atoms with Gasteiger partial charge in [0.25, 0.3) is 0 Å². The SMILES string of the molecule is NCCN(N)C(=O)Nc1ccccc1. The molecule has 0 heterocycles. The van der Waals surface area contributed by atoms with Crippen LogP contribution in [0, 0.1) is 0 Å². The van der Waals surface area contributed by atoms with Crippen molar-refractivity contribution in [3.63, 3.8) is 0 Å². The van der Waals surface area contributed by atoms with E-state index in [1.54, 1.807) is 12.1 Å². The van der Waals surface area contributed by atoms with Crippen molar-refractivity contribution < 1.29 is 4.79 Å². The molecular formula is C9H14N4O. The fourth-order valence-corrected chi connectivity index (χ4v) is 0.957. The van der Waals surface area contributed by atoms with Gasteiger partial charge in [-0.15, -0.1) is 0 Å². The van der Waals surface area contributed by atoms with E-state index in [2.05, 4.69) is 5.32 Å². The van der Waals surface area contributed by atoms with E-state index in [0.717, 1.165) is 5.01 Å². The number of para-hydroxylation sites is 1. The molecule has 0 bridgehead atoms. The molecule has 5 heteroatoms. The summed E-state index contributed by atoms with van der Waals surface area (Å²) in [5.41, 5.74) is 5.97. The largest absolute Gasteiger partial charge is 0.336 e. The Balaban J connectivity index is 2.49. The zero-order valence-electron chi connectivity index (χ0n) is 7.81. The van der Waals surface area contributed by atoms with Crippen LogP contribution in [0.3, 0.4) is 0 Å². The highest BCUT2D eigenvalue weighted by atomic mass is 16.2. The van der Waals surface area contributed by atoms with E-state index in [-0.39, 0.29) is 6.03 Å². The predicted octanol–water partition coefficient (Wildman–Crippen LogP) is 0.353. The molecule has 5 nitrogen and oxygen atoms in total. The van der Waals surface area contributed by atoms with E-state index in [4.69, 9.17) is 11.6 Å². The molecule has 0 aliphatic heterocycles. The number of amides is 2. The highest BCUT2D eigenvalue weighted by Gasteiger charge is 2.07. The summed E-state index contributed by atoms with van der Waals surface area (Å²) in [6, 6.07) is 8.75. The average molecular weight is 194 g/mol. The van der Waals surface area contributed by atoms with Crippen molar-refractivity contribution in [1.82, 2.24) is 5.01 Å². The van der Waals surface area contributed by atoms with Gasteiger partial charge < -0.3 is 11.1 Å². The van der Waals surface area contributed by atoms with Crippen molar-refractivity contribution in [2.45, 2.75) is 0 Å². The van der Waals surface area contributed by atoms with Crippen molar-refractivity contribution in [1.29, 1.82) is 0 Å². The lowest BCUT2D eigenvalue weighted by Crippen LogP contribution is -2.43. The number of anilines is 1. The molecule has 0 radical (unpaired) electrons. The summed E-state index contributed by atoms with van der Waals surface area (Å²) in [5.74, 6) is 5.42. The molecule has 76 valence electrons. The number of rotatable bonds is 3. The van der Waals surface area contributed by atoms with Gasteiger partial charge in [-0.05, 0) is 12.1 Å². The van der Waals surface area contributed by atoms with Crippen molar-refractivity contribution in [3.05, 3.63) is 30.3 Å². The van der Waals surface area contributed by atoms with Crippen LogP contribution in [-0.2, 0) is 0 Å². The van der Waals surface area contributed by atoms with Crippen LogP contribution in [-0.4, -0.2) is 24.1 Å². The number of hydrogen-bond donors (Lipinski definition) is 3. The summed E-state index contributed by atoms with van der Waals surface area (Å²) in [6.07, 6.45) is 0. The van der Waals surface area contributed by atoms with E-state index < -0.39 is 0 Å². The third-order valence-electron chi connectivity index (χ3n) is 1.66. The van der Waals surface area contributed by atoms with Gasteiger partial charge in [-0.1, -0.05) is 18.2 Å². The molecule has 1 aromatic carbocycles. The fourth-order valence-electron chi connectivity index (χ4n) is 0.957. The average Bonchev–Trinajstić information content (AvgIpc) is 2.19. The molecule has 0 saturated carbocycles. The number of benzene rings is 1. The molecule has 0 aliphatic rings. The molecule has 5 N–H and O–H groups in total.